The van der Waals surface area contributed by atoms with Crippen molar-refractivity contribution in [3.8, 4) is 11.3 Å². The largest absolute Gasteiger partial charge is 0.462 e. The minimum absolute atomic E-state index is 0.328. The third-order valence-electron chi connectivity index (χ3n) is 3.18. The number of hydrogen-bond donors (Lipinski definition) is 0. The van der Waals surface area contributed by atoms with Gasteiger partial charge in [0.05, 0.1) is 18.4 Å². The molecule has 0 spiro atoms. The molecule has 0 saturated heterocycles. The Morgan fingerprint density at radius 3 is 2.64 bits per heavy atom. The van der Waals surface area contributed by atoms with Gasteiger partial charge in [0.1, 0.15) is 0 Å². The number of pyridine rings is 1. The second-order valence-electron chi connectivity index (χ2n) is 4.69. The molecule has 0 amide bonds. The molecule has 1 aromatic carbocycles. The van der Waals surface area contributed by atoms with Gasteiger partial charge < -0.3 is 9.15 Å². The van der Waals surface area contributed by atoms with E-state index in [-0.39, 0.29) is 5.97 Å². The lowest BCUT2D eigenvalue weighted by Gasteiger charge is -2.05. The van der Waals surface area contributed by atoms with Gasteiger partial charge in [-0.3, -0.25) is 4.98 Å². The minimum atomic E-state index is -0.340. The fourth-order valence-electron chi connectivity index (χ4n) is 2.02. The molecule has 0 aliphatic rings. The van der Waals surface area contributed by atoms with Crippen LogP contribution in [0.2, 0.25) is 0 Å². The topological polar surface area (TPSA) is 65.2 Å². The molecule has 3 rings (SSSR count). The van der Waals surface area contributed by atoms with Gasteiger partial charge in [0.25, 0.3) is 0 Å². The van der Waals surface area contributed by atoms with Crippen LogP contribution in [0.1, 0.15) is 15.9 Å². The lowest BCUT2D eigenvalue weighted by molar-refractivity contribution is 0.0509. The lowest BCUT2D eigenvalue weighted by atomic mass is 10.1. The van der Waals surface area contributed by atoms with E-state index in [0.717, 1.165) is 11.1 Å². The molecule has 0 aliphatic heterocycles. The number of nitrogens with zero attached hydrogens (tertiary/aromatic N) is 2. The van der Waals surface area contributed by atoms with E-state index in [1.54, 1.807) is 42.9 Å². The van der Waals surface area contributed by atoms with E-state index in [1.807, 2.05) is 12.1 Å². The molecule has 0 N–H and O–H groups in total. The number of hydrogen-bond acceptors (Lipinski definition) is 5. The van der Waals surface area contributed by atoms with Gasteiger partial charge in [0.2, 0.25) is 0 Å². The number of carbonyl (C=O) groups excluding carboxylic acids is 1. The Bertz CT molecular complexity index is 722. The van der Waals surface area contributed by atoms with Gasteiger partial charge in [-0.05, 0) is 23.8 Å². The Balaban J connectivity index is 1.56. The van der Waals surface area contributed by atoms with Crippen molar-refractivity contribution in [2.75, 3.05) is 6.61 Å². The van der Waals surface area contributed by atoms with E-state index in [9.17, 15) is 4.79 Å². The number of rotatable bonds is 5. The Labute approximate surface area is 127 Å². The van der Waals surface area contributed by atoms with Crippen LogP contribution in [0.3, 0.4) is 0 Å². The van der Waals surface area contributed by atoms with Crippen LogP contribution in [0.25, 0.3) is 11.3 Å². The molecule has 2 heterocycles. The second kappa shape index (κ2) is 6.67. The summed E-state index contributed by atoms with van der Waals surface area (Å²) in [6.45, 7) is 0.328. The predicted molar refractivity (Wildman–Crippen MR) is 80.2 cm³/mol. The fraction of sp³-hybridized carbons (Fsp3) is 0.118. The molecule has 110 valence electrons. The summed E-state index contributed by atoms with van der Waals surface area (Å²) in [6, 6.07) is 10.8. The second-order valence-corrected chi connectivity index (χ2v) is 4.69. The van der Waals surface area contributed by atoms with Gasteiger partial charge in [0.15, 0.2) is 12.2 Å². The molecule has 5 nitrogen and oxygen atoms in total. The van der Waals surface area contributed by atoms with Crippen molar-refractivity contribution in [2.45, 2.75) is 6.42 Å². The van der Waals surface area contributed by atoms with Crippen LogP contribution in [0.15, 0.2) is 65.8 Å². The summed E-state index contributed by atoms with van der Waals surface area (Å²) in [7, 11) is 0. The minimum Gasteiger partial charge on any atom is -0.462 e. The number of carbonyl (C=O) groups is 1. The zero-order valence-corrected chi connectivity index (χ0v) is 11.8. The van der Waals surface area contributed by atoms with E-state index in [0.29, 0.717) is 24.4 Å². The molecular formula is C17H14N2O3. The van der Waals surface area contributed by atoms with E-state index < -0.39 is 0 Å². The maximum absolute atomic E-state index is 12.0. The summed E-state index contributed by atoms with van der Waals surface area (Å²) < 4.78 is 10.5. The van der Waals surface area contributed by atoms with Crippen molar-refractivity contribution in [1.82, 2.24) is 9.97 Å². The molecule has 0 radical (unpaired) electrons. The van der Waals surface area contributed by atoms with Crippen LogP contribution in [0.5, 0.6) is 0 Å². The van der Waals surface area contributed by atoms with Gasteiger partial charge in [0, 0.05) is 24.4 Å². The van der Waals surface area contributed by atoms with Crippen molar-refractivity contribution in [1.29, 1.82) is 0 Å². The average Bonchev–Trinajstić information content (AvgIpc) is 3.10. The quantitative estimate of drug-likeness (QED) is 0.676. The normalized spacial score (nSPS) is 10.4. The van der Waals surface area contributed by atoms with Gasteiger partial charge in [-0.25, -0.2) is 9.78 Å². The van der Waals surface area contributed by atoms with Crippen LogP contribution >= 0.6 is 0 Å². The molecular weight excluding hydrogens is 280 g/mol. The van der Waals surface area contributed by atoms with E-state index in [4.69, 9.17) is 9.15 Å². The van der Waals surface area contributed by atoms with Crippen LogP contribution in [-0.4, -0.2) is 22.5 Å². The first kappa shape index (κ1) is 14.0. The van der Waals surface area contributed by atoms with Gasteiger partial charge in [-0.15, -0.1) is 0 Å². The summed E-state index contributed by atoms with van der Waals surface area (Å²) in [5.41, 5.74) is 2.41. The predicted octanol–water partition coefficient (Wildman–Crippen LogP) is 3.14. The molecule has 0 atom stereocenters. The Hall–Kier alpha value is -2.95. The molecule has 2 aromatic heterocycles. The van der Waals surface area contributed by atoms with Gasteiger partial charge in [-0.1, -0.05) is 18.2 Å². The highest BCUT2D eigenvalue weighted by molar-refractivity contribution is 5.89. The van der Waals surface area contributed by atoms with E-state index in [1.165, 1.54) is 6.39 Å². The third-order valence-corrected chi connectivity index (χ3v) is 3.18. The van der Waals surface area contributed by atoms with Crippen molar-refractivity contribution in [3.05, 3.63) is 72.5 Å². The number of benzene rings is 1. The zero-order valence-electron chi connectivity index (χ0n) is 11.8. The first-order valence-corrected chi connectivity index (χ1v) is 6.88. The first-order chi connectivity index (χ1) is 10.8. The number of ether oxygens (including phenoxy) is 1. The molecule has 0 aliphatic carbocycles. The van der Waals surface area contributed by atoms with Crippen LogP contribution in [-0.2, 0) is 11.2 Å². The lowest BCUT2D eigenvalue weighted by Crippen LogP contribution is -2.08. The van der Waals surface area contributed by atoms with Crippen LogP contribution < -0.4 is 0 Å². The number of oxazole rings is 1. The SMILES string of the molecule is O=C(OCCc1cccnc1)c1ccc(-c2cnco2)cc1. The molecule has 5 heteroatoms. The smallest absolute Gasteiger partial charge is 0.338 e. The monoisotopic (exact) mass is 294 g/mol. The molecule has 22 heavy (non-hydrogen) atoms. The number of esters is 1. The van der Waals surface area contributed by atoms with Crippen molar-refractivity contribution >= 4 is 5.97 Å². The summed E-state index contributed by atoms with van der Waals surface area (Å²) >= 11 is 0. The third kappa shape index (κ3) is 3.38. The molecule has 0 unspecified atom stereocenters. The Kier molecular flexibility index (Phi) is 4.25. The Morgan fingerprint density at radius 1 is 1.09 bits per heavy atom. The van der Waals surface area contributed by atoms with Crippen LogP contribution in [0.4, 0.5) is 0 Å². The van der Waals surface area contributed by atoms with Gasteiger partial charge in [-0.2, -0.15) is 0 Å². The molecule has 0 saturated carbocycles. The van der Waals surface area contributed by atoms with Gasteiger partial charge >= 0.3 is 5.97 Å². The highest BCUT2D eigenvalue weighted by Crippen LogP contribution is 2.19. The summed E-state index contributed by atoms with van der Waals surface area (Å²) in [5.74, 6) is 0.324. The number of aromatic nitrogens is 2. The summed E-state index contributed by atoms with van der Waals surface area (Å²) in [4.78, 5) is 19.8. The molecule has 0 fully saturated rings. The zero-order chi connectivity index (χ0) is 15.2. The fourth-order valence-corrected chi connectivity index (χ4v) is 2.02. The Morgan fingerprint density at radius 2 is 1.95 bits per heavy atom. The van der Waals surface area contributed by atoms with Crippen molar-refractivity contribution in [2.24, 2.45) is 0 Å². The maximum Gasteiger partial charge on any atom is 0.338 e. The molecule has 0 bridgehead atoms. The van der Waals surface area contributed by atoms with Crippen molar-refractivity contribution < 1.29 is 13.9 Å². The first-order valence-electron chi connectivity index (χ1n) is 6.88. The maximum atomic E-state index is 12.0. The summed E-state index contributed by atoms with van der Waals surface area (Å²) in [6.07, 6.45) is 7.12. The molecule has 3 aromatic rings. The van der Waals surface area contributed by atoms with E-state index in [2.05, 4.69) is 9.97 Å². The standard InChI is InChI=1S/C17H14N2O3/c20-17(21-9-7-13-2-1-8-18-10-13)15-5-3-14(4-6-15)16-11-19-12-22-16/h1-6,8,10-12H,7,9H2. The average molecular weight is 294 g/mol. The van der Waals surface area contributed by atoms with Crippen LogP contribution in [0, 0.1) is 0 Å². The summed E-state index contributed by atoms with van der Waals surface area (Å²) in [5, 5.41) is 0. The highest BCUT2D eigenvalue weighted by atomic mass is 16.5. The van der Waals surface area contributed by atoms with E-state index >= 15 is 0 Å². The van der Waals surface area contributed by atoms with Crippen molar-refractivity contribution in [3.63, 3.8) is 0 Å². The highest BCUT2D eigenvalue weighted by Gasteiger charge is 2.08.